The zero-order valence-electron chi connectivity index (χ0n) is 17.1. The number of rotatable bonds is 8. The summed E-state index contributed by atoms with van der Waals surface area (Å²) in [5, 5.41) is 0.528. The van der Waals surface area contributed by atoms with Gasteiger partial charge in [0.15, 0.2) is 11.5 Å². The van der Waals surface area contributed by atoms with E-state index in [1.807, 2.05) is 19.9 Å². The van der Waals surface area contributed by atoms with Crippen LogP contribution in [-0.4, -0.2) is 29.2 Å². The zero-order chi connectivity index (χ0) is 21.5. The fourth-order valence-corrected chi connectivity index (χ4v) is 2.95. The maximum atomic E-state index is 12.6. The van der Waals surface area contributed by atoms with Gasteiger partial charge in [0, 0.05) is 12.6 Å². The predicted molar refractivity (Wildman–Crippen MR) is 117 cm³/mol. The van der Waals surface area contributed by atoms with Crippen molar-refractivity contribution in [2.75, 3.05) is 19.1 Å². The smallest absolute Gasteiger partial charge is 0.262 e. The summed E-state index contributed by atoms with van der Waals surface area (Å²) in [5.74, 6) is 1.10. The lowest BCUT2D eigenvalue weighted by Gasteiger charge is -2.13. The molecule has 8 nitrogen and oxygen atoms in total. The molecule has 0 fully saturated rings. The summed E-state index contributed by atoms with van der Waals surface area (Å²) in [4.78, 5) is 29.3. The first-order chi connectivity index (χ1) is 14.6. The number of anilines is 1. The van der Waals surface area contributed by atoms with Crippen LogP contribution in [0.4, 0.5) is 5.95 Å². The molecule has 30 heavy (non-hydrogen) atoms. The Labute approximate surface area is 174 Å². The second-order valence-electron chi connectivity index (χ2n) is 6.29. The Morgan fingerprint density at radius 1 is 1.17 bits per heavy atom. The third-order valence-corrected chi connectivity index (χ3v) is 4.39. The number of para-hydroxylation sites is 1. The van der Waals surface area contributed by atoms with Crippen LogP contribution in [0.25, 0.3) is 17.0 Å². The van der Waals surface area contributed by atoms with E-state index in [1.54, 1.807) is 49.6 Å². The highest BCUT2D eigenvalue weighted by Gasteiger charge is 2.10. The lowest BCUT2D eigenvalue weighted by molar-refractivity contribution is -0.116. The van der Waals surface area contributed by atoms with E-state index in [1.165, 1.54) is 10.6 Å². The molecular weight excluding hydrogens is 384 g/mol. The molecule has 0 atom stereocenters. The van der Waals surface area contributed by atoms with Gasteiger partial charge < -0.3 is 9.47 Å². The number of hydrazine groups is 1. The zero-order valence-corrected chi connectivity index (χ0v) is 17.1. The summed E-state index contributed by atoms with van der Waals surface area (Å²) in [6, 6.07) is 12.5. The lowest BCUT2D eigenvalue weighted by atomic mass is 10.2. The summed E-state index contributed by atoms with van der Waals surface area (Å²) >= 11 is 0. The second kappa shape index (κ2) is 9.60. The molecule has 1 aromatic heterocycles. The van der Waals surface area contributed by atoms with E-state index in [4.69, 9.17) is 9.47 Å². The predicted octanol–water partition coefficient (Wildman–Crippen LogP) is 2.98. The fraction of sp³-hybridized carbons (Fsp3) is 0.227. The van der Waals surface area contributed by atoms with Crippen molar-refractivity contribution >= 4 is 28.8 Å². The number of aromatic nitrogens is 2. The highest BCUT2D eigenvalue weighted by molar-refractivity contribution is 5.92. The lowest BCUT2D eigenvalue weighted by Crippen LogP contribution is -2.33. The molecule has 2 N–H and O–H groups in total. The Morgan fingerprint density at radius 2 is 1.97 bits per heavy atom. The van der Waals surface area contributed by atoms with Crippen molar-refractivity contribution in [1.29, 1.82) is 0 Å². The van der Waals surface area contributed by atoms with Gasteiger partial charge in [-0.3, -0.25) is 25.0 Å². The van der Waals surface area contributed by atoms with Gasteiger partial charge in [-0.1, -0.05) is 18.2 Å². The molecule has 8 heteroatoms. The minimum absolute atomic E-state index is 0.170. The molecule has 0 unspecified atom stereocenters. The molecule has 1 heterocycles. The van der Waals surface area contributed by atoms with Crippen LogP contribution in [0, 0.1) is 0 Å². The maximum absolute atomic E-state index is 12.6. The molecular formula is C22H24N4O4. The van der Waals surface area contributed by atoms with E-state index < -0.39 is 5.91 Å². The number of benzene rings is 2. The van der Waals surface area contributed by atoms with E-state index in [0.717, 1.165) is 5.56 Å². The first kappa shape index (κ1) is 20.9. The number of fused-ring (bicyclic) bond motifs is 1. The van der Waals surface area contributed by atoms with Crippen LogP contribution in [0.5, 0.6) is 11.5 Å². The number of ether oxygens (including phenoxy) is 2. The number of hydrogen-bond donors (Lipinski definition) is 2. The van der Waals surface area contributed by atoms with E-state index in [2.05, 4.69) is 15.8 Å². The minimum atomic E-state index is -0.395. The Hall–Kier alpha value is -3.81. The van der Waals surface area contributed by atoms with Crippen molar-refractivity contribution in [3.63, 3.8) is 0 Å². The van der Waals surface area contributed by atoms with E-state index in [-0.39, 0.29) is 11.5 Å². The first-order valence-electron chi connectivity index (χ1n) is 9.61. The first-order valence-corrected chi connectivity index (χ1v) is 9.61. The van der Waals surface area contributed by atoms with Gasteiger partial charge in [0.2, 0.25) is 5.95 Å². The molecule has 0 bridgehead atoms. The normalized spacial score (nSPS) is 10.9. The van der Waals surface area contributed by atoms with Gasteiger partial charge >= 0.3 is 0 Å². The van der Waals surface area contributed by atoms with Gasteiger partial charge in [-0.15, -0.1) is 0 Å². The summed E-state index contributed by atoms with van der Waals surface area (Å²) in [5.41, 5.74) is 6.44. The van der Waals surface area contributed by atoms with Crippen LogP contribution in [0.15, 0.2) is 53.3 Å². The van der Waals surface area contributed by atoms with Crippen molar-refractivity contribution in [3.05, 3.63) is 64.5 Å². The Bertz CT molecular complexity index is 1140. The standard InChI is InChI=1S/C22H24N4O4/c1-4-26-21(28)16-8-6-7-9-17(16)23-22(26)25-24-20(27)13-11-15-10-12-18(30-5-2)19(14-15)29-3/h6-14H,4-5H2,1-3H3,(H,23,25)(H,24,27)/b13-11+. The van der Waals surface area contributed by atoms with Crippen LogP contribution in [-0.2, 0) is 11.3 Å². The molecule has 0 saturated heterocycles. The van der Waals surface area contributed by atoms with Crippen molar-refractivity contribution in [1.82, 2.24) is 15.0 Å². The fourth-order valence-electron chi connectivity index (χ4n) is 2.95. The summed E-state index contributed by atoms with van der Waals surface area (Å²) in [7, 11) is 1.56. The topological polar surface area (TPSA) is 94.5 Å². The van der Waals surface area contributed by atoms with E-state index >= 15 is 0 Å². The van der Waals surface area contributed by atoms with Gasteiger partial charge in [0.05, 0.1) is 24.6 Å². The van der Waals surface area contributed by atoms with E-state index in [9.17, 15) is 9.59 Å². The van der Waals surface area contributed by atoms with Crippen molar-refractivity contribution < 1.29 is 14.3 Å². The van der Waals surface area contributed by atoms with Crippen LogP contribution in [0.2, 0.25) is 0 Å². The van der Waals surface area contributed by atoms with Crippen molar-refractivity contribution in [2.45, 2.75) is 20.4 Å². The average Bonchev–Trinajstić information content (AvgIpc) is 2.77. The summed E-state index contributed by atoms with van der Waals surface area (Å²) in [6.45, 7) is 4.68. The average molecular weight is 408 g/mol. The summed E-state index contributed by atoms with van der Waals surface area (Å²) in [6.07, 6.45) is 3.02. The number of hydrogen-bond acceptors (Lipinski definition) is 6. The molecule has 2 aromatic carbocycles. The molecule has 3 rings (SSSR count). The third kappa shape index (κ3) is 4.60. The molecule has 0 aliphatic rings. The summed E-state index contributed by atoms with van der Waals surface area (Å²) < 4.78 is 12.3. The quantitative estimate of drug-likeness (QED) is 0.440. The monoisotopic (exact) mass is 408 g/mol. The molecule has 0 aliphatic heterocycles. The van der Waals surface area contributed by atoms with Crippen LogP contribution in [0.1, 0.15) is 19.4 Å². The molecule has 0 aliphatic carbocycles. The van der Waals surface area contributed by atoms with Crippen molar-refractivity contribution in [2.24, 2.45) is 0 Å². The van der Waals surface area contributed by atoms with Gasteiger partial charge in [-0.05, 0) is 49.8 Å². The number of amides is 1. The number of nitrogens with one attached hydrogen (secondary N) is 2. The van der Waals surface area contributed by atoms with Crippen LogP contribution < -0.4 is 25.9 Å². The van der Waals surface area contributed by atoms with Gasteiger partial charge in [-0.2, -0.15) is 0 Å². The maximum Gasteiger partial charge on any atom is 0.262 e. The third-order valence-electron chi connectivity index (χ3n) is 4.39. The van der Waals surface area contributed by atoms with Gasteiger partial charge in [0.1, 0.15) is 0 Å². The van der Waals surface area contributed by atoms with Crippen LogP contribution in [0.3, 0.4) is 0 Å². The molecule has 0 spiro atoms. The van der Waals surface area contributed by atoms with E-state index in [0.29, 0.717) is 35.6 Å². The molecule has 0 radical (unpaired) electrons. The van der Waals surface area contributed by atoms with Crippen molar-refractivity contribution in [3.8, 4) is 11.5 Å². The molecule has 156 valence electrons. The molecule has 0 saturated carbocycles. The number of carbonyl (C=O) groups is 1. The second-order valence-corrected chi connectivity index (χ2v) is 6.29. The molecule has 1 amide bonds. The number of methoxy groups -OCH3 is 1. The minimum Gasteiger partial charge on any atom is -0.493 e. The number of nitrogens with zero attached hydrogens (tertiary/aromatic N) is 2. The SMILES string of the molecule is CCOc1ccc(/C=C/C(=O)NNc2nc3ccccc3c(=O)n2CC)cc1OC. The Balaban J connectivity index is 1.72. The van der Waals surface area contributed by atoms with Gasteiger partial charge in [0.25, 0.3) is 11.5 Å². The highest BCUT2D eigenvalue weighted by Crippen LogP contribution is 2.28. The van der Waals surface area contributed by atoms with Crippen LogP contribution >= 0.6 is 0 Å². The largest absolute Gasteiger partial charge is 0.493 e. The molecule has 3 aromatic rings. The Kier molecular flexibility index (Phi) is 6.69. The Morgan fingerprint density at radius 3 is 2.70 bits per heavy atom. The highest BCUT2D eigenvalue weighted by atomic mass is 16.5. The number of carbonyl (C=O) groups excluding carboxylic acids is 1. The van der Waals surface area contributed by atoms with Gasteiger partial charge in [-0.25, -0.2) is 4.98 Å².